The normalized spacial score (nSPS) is 18.4. The van der Waals surface area contributed by atoms with E-state index in [0.717, 1.165) is 34.7 Å². The summed E-state index contributed by atoms with van der Waals surface area (Å²) in [6.45, 7) is 9.04. The molecule has 0 fully saturated rings. The van der Waals surface area contributed by atoms with E-state index in [1.807, 2.05) is 61.5 Å². The molecule has 3 aromatic rings. The Morgan fingerprint density at radius 2 is 1.95 bits per heavy atom. The lowest BCUT2D eigenvalue weighted by Gasteiger charge is -2.35. The van der Waals surface area contributed by atoms with Crippen LogP contribution >= 0.6 is 0 Å². The minimum absolute atomic E-state index is 0.0834. The number of rotatable bonds is 7. The zero-order valence-electron chi connectivity index (χ0n) is 22.3. The lowest BCUT2D eigenvalue weighted by molar-refractivity contribution is -0.384. The van der Waals surface area contributed by atoms with E-state index in [1.165, 1.54) is 16.0 Å². The molecule has 2 aliphatic rings. The maximum absolute atomic E-state index is 11.3. The van der Waals surface area contributed by atoms with Crippen molar-refractivity contribution in [3.05, 3.63) is 116 Å². The summed E-state index contributed by atoms with van der Waals surface area (Å²) in [4.78, 5) is 12.9. The summed E-state index contributed by atoms with van der Waals surface area (Å²) in [5.74, 6) is 2.00. The Bertz CT molecular complexity index is 1570. The SMILES string of the molecule is C=C(C=C1Oc2ccccc2N1C)C(C)(Cc1ccc([N+](=O)[O-])cc1)c1c(NC)ccc2c1=CCC(C)C=2. The molecule has 0 spiro atoms. The van der Waals surface area contributed by atoms with Gasteiger partial charge in [-0.2, -0.15) is 0 Å². The zero-order chi connectivity index (χ0) is 27.0. The Morgan fingerprint density at radius 1 is 1.21 bits per heavy atom. The van der Waals surface area contributed by atoms with Crippen molar-refractivity contribution in [3.63, 3.8) is 0 Å². The monoisotopic (exact) mass is 507 g/mol. The highest BCUT2D eigenvalue weighted by atomic mass is 16.6. The third-order valence-electron chi connectivity index (χ3n) is 7.74. The van der Waals surface area contributed by atoms with Gasteiger partial charge in [-0.15, -0.1) is 0 Å². The van der Waals surface area contributed by atoms with Crippen LogP contribution in [0.5, 0.6) is 5.75 Å². The quantitative estimate of drug-likeness (QED) is 0.330. The van der Waals surface area contributed by atoms with Crippen LogP contribution in [-0.4, -0.2) is 19.0 Å². The van der Waals surface area contributed by atoms with Gasteiger partial charge in [-0.25, -0.2) is 0 Å². The molecule has 0 bridgehead atoms. The van der Waals surface area contributed by atoms with Crippen molar-refractivity contribution in [3.8, 4) is 5.75 Å². The summed E-state index contributed by atoms with van der Waals surface area (Å²) in [7, 11) is 3.94. The number of ether oxygens (including phenoxy) is 1. The third kappa shape index (κ3) is 4.47. The predicted octanol–water partition coefficient (Wildman–Crippen LogP) is 5.66. The molecule has 1 N–H and O–H groups in total. The fraction of sp³-hybridized carbons (Fsp3) is 0.250. The van der Waals surface area contributed by atoms with Gasteiger partial charge in [0, 0.05) is 43.4 Å². The molecule has 2 unspecified atom stereocenters. The van der Waals surface area contributed by atoms with Crippen molar-refractivity contribution in [1.29, 1.82) is 0 Å². The van der Waals surface area contributed by atoms with E-state index in [1.54, 1.807) is 12.1 Å². The van der Waals surface area contributed by atoms with E-state index < -0.39 is 5.41 Å². The van der Waals surface area contributed by atoms with Gasteiger partial charge in [0.1, 0.15) is 0 Å². The fourth-order valence-electron chi connectivity index (χ4n) is 5.54. The van der Waals surface area contributed by atoms with Crippen molar-refractivity contribution >= 4 is 29.2 Å². The number of fused-ring (bicyclic) bond motifs is 2. The van der Waals surface area contributed by atoms with Gasteiger partial charge in [-0.05, 0) is 64.1 Å². The first-order valence-corrected chi connectivity index (χ1v) is 12.9. The van der Waals surface area contributed by atoms with E-state index in [4.69, 9.17) is 4.74 Å². The number of allylic oxidation sites excluding steroid dienone is 2. The molecule has 0 saturated heterocycles. The molecule has 1 aliphatic heterocycles. The Labute approximate surface area is 223 Å². The Hall–Kier alpha value is -4.32. The number of nitro groups is 1. The maximum Gasteiger partial charge on any atom is 0.269 e. The molecule has 0 radical (unpaired) electrons. The first kappa shape index (κ1) is 25.3. The molecule has 6 heteroatoms. The average molecular weight is 508 g/mol. The van der Waals surface area contributed by atoms with Crippen LogP contribution < -0.4 is 25.4 Å². The van der Waals surface area contributed by atoms with Gasteiger partial charge in [-0.3, -0.25) is 10.1 Å². The Morgan fingerprint density at radius 3 is 2.63 bits per heavy atom. The van der Waals surface area contributed by atoms with E-state index in [9.17, 15) is 10.1 Å². The molecule has 5 rings (SSSR count). The number of benzene rings is 3. The molecule has 6 nitrogen and oxygen atoms in total. The zero-order valence-corrected chi connectivity index (χ0v) is 22.3. The average Bonchev–Trinajstić information content (AvgIpc) is 3.23. The Balaban J connectivity index is 1.66. The van der Waals surface area contributed by atoms with E-state index in [0.29, 0.717) is 18.2 Å². The standard InChI is InChI=1S/C32H33N3O3/c1-21-10-16-26-24(18-21)13-17-27(33-4)31(26)32(3,20-23-11-14-25(15-12-23)35(36)37)22(2)19-30-34(5)28-8-6-7-9-29(28)38-30/h6-9,11-19,21,33H,2,10,20H2,1,3-5H3. The smallest absolute Gasteiger partial charge is 0.269 e. The van der Waals surface area contributed by atoms with Crippen LogP contribution in [0.3, 0.4) is 0 Å². The summed E-state index contributed by atoms with van der Waals surface area (Å²) in [5, 5.41) is 17.1. The van der Waals surface area contributed by atoms with Gasteiger partial charge in [0.2, 0.25) is 5.88 Å². The summed E-state index contributed by atoms with van der Waals surface area (Å²) >= 11 is 0. The first-order chi connectivity index (χ1) is 18.2. The third-order valence-corrected chi connectivity index (χ3v) is 7.74. The van der Waals surface area contributed by atoms with Crippen molar-refractivity contribution in [2.45, 2.75) is 32.1 Å². The van der Waals surface area contributed by atoms with Gasteiger partial charge in [0.05, 0.1) is 10.6 Å². The molecule has 0 aromatic heterocycles. The highest BCUT2D eigenvalue weighted by Gasteiger charge is 2.35. The number of para-hydroxylation sites is 2. The molecule has 1 heterocycles. The van der Waals surface area contributed by atoms with Gasteiger partial charge < -0.3 is 15.0 Å². The highest BCUT2D eigenvalue weighted by Crippen LogP contribution is 2.42. The van der Waals surface area contributed by atoms with Gasteiger partial charge in [-0.1, -0.05) is 62.9 Å². The number of hydrogen-bond donors (Lipinski definition) is 1. The van der Waals surface area contributed by atoms with Crippen molar-refractivity contribution in [1.82, 2.24) is 0 Å². The number of nitrogens with one attached hydrogen (secondary N) is 1. The van der Waals surface area contributed by atoms with Gasteiger partial charge >= 0.3 is 0 Å². The second-order valence-corrected chi connectivity index (χ2v) is 10.4. The van der Waals surface area contributed by atoms with Crippen LogP contribution in [0.15, 0.2) is 84.8 Å². The Kier molecular flexibility index (Phi) is 6.57. The van der Waals surface area contributed by atoms with Gasteiger partial charge in [0.25, 0.3) is 5.69 Å². The number of hydrogen-bond acceptors (Lipinski definition) is 5. The topological polar surface area (TPSA) is 67.6 Å². The molecule has 38 heavy (non-hydrogen) atoms. The van der Waals surface area contributed by atoms with E-state index >= 15 is 0 Å². The van der Waals surface area contributed by atoms with Crippen LogP contribution in [-0.2, 0) is 11.8 Å². The molecule has 2 atom stereocenters. The molecular weight excluding hydrogens is 474 g/mol. The molecular formula is C32H33N3O3. The summed E-state index contributed by atoms with van der Waals surface area (Å²) in [6, 6.07) is 19.1. The van der Waals surface area contributed by atoms with Crippen LogP contribution in [0.1, 0.15) is 31.4 Å². The van der Waals surface area contributed by atoms with Crippen LogP contribution in [0, 0.1) is 16.0 Å². The lowest BCUT2D eigenvalue weighted by atomic mass is 9.70. The van der Waals surface area contributed by atoms with Crippen molar-refractivity contribution in [2.75, 3.05) is 24.3 Å². The van der Waals surface area contributed by atoms with E-state index in [2.05, 4.69) is 50.0 Å². The minimum atomic E-state index is -0.545. The maximum atomic E-state index is 11.3. The fourth-order valence-corrected chi connectivity index (χ4v) is 5.54. The molecule has 194 valence electrons. The lowest BCUT2D eigenvalue weighted by Crippen LogP contribution is -2.41. The van der Waals surface area contributed by atoms with Crippen LogP contribution in [0.2, 0.25) is 0 Å². The van der Waals surface area contributed by atoms with E-state index in [-0.39, 0.29) is 10.6 Å². The van der Waals surface area contributed by atoms with Gasteiger partial charge in [0.15, 0.2) is 5.75 Å². The van der Waals surface area contributed by atoms with Crippen molar-refractivity contribution in [2.24, 2.45) is 5.92 Å². The number of nitro benzene ring substituents is 1. The highest BCUT2D eigenvalue weighted by molar-refractivity contribution is 5.67. The largest absolute Gasteiger partial charge is 0.439 e. The second-order valence-electron chi connectivity index (χ2n) is 10.4. The number of anilines is 2. The minimum Gasteiger partial charge on any atom is -0.439 e. The van der Waals surface area contributed by atoms with Crippen LogP contribution in [0.4, 0.5) is 17.1 Å². The molecule has 0 amide bonds. The molecule has 1 aliphatic carbocycles. The molecule has 0 saturated carbocycles. The summed E-state index contributed by atoms with van der Waals surface area (Å²) in [6.07, 6.45) is 8.27. The first-order valence-electron chi connectivity index (χ1n) is 12.9. The molecule has 3 aromatic carbocycles. The summed E-state index contributed by atoms with van der Waals surface area (Å²) < 4.78 is 6.22. The number of nitrogens with zero attached hydrogens (tertiary/aromatic N) is 2. The van der Waals surface area contributed by atoms with Crippen LogP contribution in [0.25, 0.3) is 12.2 Å². The second kappa shape index (κ2) is 9.86. The number of non-ortho nitro benzene ring substituents is 1. The summed E-state index contributed by atoms with van der Waals surface area (Å²) in [5.41, 5.74) is 4.64. The predicted molar refractivity (Wildman–Crippen MR) is 155 cm³/mol. The van der Waals surface area contributed by atoms with Crippen molar-refractivity contribution < 1.29 is 9.66 Å².